The molecule has 1 heterocycles. The van der Waals surface area contributed by atoms with Crippen molar-refractivity contribution in [1.29, 1.82) is 0 Å². The molecule has 0 radical (unpaired) electrons. The Labute approximate surface area is 110 Å². The van der Waals surface area contributed by atoms with E-state index in [1.165, 1.54) is 13.0 Å². The molecule has 1 atom stereocenters. The Hall–Kier alpha value is -1.07. The summed E-state index contributed by atoms with van der Waals surface area (Å²) in [5, 5.41) is 13.4. The maximum absolute atomic E-state index is 12.8. The second-order valence-corrected chi connectivity index (χ2v) is 5.33. The normalized spacial score (nSPS) is 24.5. The topological polar surface area (TPSA) is 32.3 Å². The Bertz CT molecular complexity index is 450. The summed E-state index contributed by atoms with van der Waals surface area (Å²) in [5.41, 5.74) is -0.803. The SMILES string of the molecule is Cc1ccc(CC2(O)CCCNC2)cc1C(F)(F)F. The fourth-order valence-electron chi connectivity index (χ4n) is 2.57. The van der Waals surface area contributed by atoms with Crippen molar-refractivity contribution in [3.05, 3.63) is 34.9 Å². The second-order valence-electron chi connectivity index (χ2n) is 5.33. The molecule has 1 fully saturated rings. The Morgan fingerprint density at radius 2 is 2.11 bits per heavy atom. The molecule has 0 saturated carbocycles. The van der Waals surface area contributed by atoms with E-state index in [9.17, 15) is 18.3 Å². The van der Waals surface area contributed by atoms with E-state index in [-0.39, 0.29) is 12.0 Å². The predicted octanol–water partition coefficient (Wildman–Crippen LogP) is 2.67. The summed E-state index contributed by atoms with van der Waals surface area (Å²) in [6.07, 6.45) is -2.62. The van der Waals surface area contributed by atoms with Crippen LogP contribution in [0.2, 0.25) is 0 Å². The highest BCUT2D eigenvalue weighted by Gasteiger charge is 2.34. The first-order valence-corrected chi connectivity index (χ1v) is 6.40. The lowest BCUT2D eigenvalue weighted by atomic mass is 9.86. The lowest BCUT2D eigenvalue weighted by Crippen LogP contribution is -2.47. The first kappa shape index (κ1) is 14.3. The van der Waals surface area contributed by atoms with Gasteiger partial charge in [-0.2, -0.15) is 13.2 Å². The minimum atomic E-state index is -4.34. The number of β-amino-alcohol motifs (C(OH)–C–C–N with tert-alkyl or cyclic N) is 1. The molecule has 0 amide bonds. The minimum Gasteiger partial charge on any atom is -0.388 e. The zero-order valence-corrected chi connectivity index (χ0v) is 10.8. The molecule has 1 unspecified atom stereocenters. The number of halogens is 3. The van der Waals surface area contributed by atoms with E-state index in [1.54, 1.807) is 6.07 Å². The van der Waals surface area contributed by atoms with E-state index in [4.69, 9.17) is 0 Å². The first-order chi connectivity index (χ1) is 8.80. The number of aryl methyl sites for hydroxylation is 1. The predicted molar refractivity (Wildman–Crippen MR) is 66.9 cm³/mol. The van der Waals surface area contributed by atoms with Gasteiger partial charge in [0.1, 0.15) is 0 Å². The van der Waals surface area contributed by atoms with Crippen molar-refractivity contribution in [3.8, 4) is 0 Å². The van der Waals surface area contributed by atoms with E-state index < -0.39 is 17.3 Å². The van der Waals surface area contributed by atoms with Gasteiger partial charge in [-0.1, -0.05) is 12.1 Å². The number of benzene rings is 1. The van der Waals surface area contributed by atoms with Crippen LogP contribution in [0, 0.1) is 6.92 Å². The van der Waals surface area contributed by atoms with Crippen molar-refractivity contribution in [2.24, 2.45) is 0 Å². The zero-order chi connectivity index (χ0) is 14.1. The van der Waals surface area contributed by atoms with Gasteiger partial charge in [-0.3, -0.25) is 0 Å². The Morgan fingerprint density at radius 3 is 2.68 bits per heavy atom. The van der Waals surface area contributed by atoms with Gasteiger partial charge in [-0.25, -0.2) is 0 Å². The summed E-state index contributed by atoms with van der Waals surface area (Å²) in [4.78, 5) is 0. The molecule has 106 valence electrons. The highest BCUT2D eigenvalue weighted by atomic mass is 19.4. The molecule has 0 aliphatic carbocycles. The molecule has 0 spiro atoms. The molecule has 1 aliphatic heterocycles. The third-order valence-corrected chi connectivity index (χ3v) is 3.59. The summed E-state index contributed by atoms with van der Waals surface area (Å²) in [5.74, 6) is 0. The Morgan fingerprint density at radius 1 is 1.37 bits per heavy atom. The molecule has 2 N–H and O–H groups in total. The van der Waals surface area contributed by atoms with Crippen molar-refractivity contribution in [3.63, 3.8) is 0 Å². The number of hydrogen-bond acceptors (Lipinski definition) is 2. The van der Waals surface area contributed by atoms with Crippen LogP contribution >= 0.6 is 0 Å². The van der Waals surface area contributed by atoms with Gasteiger partial charge in [0, 0.05) is 13.0 Å². The summed E-state index contributed by atoms with van der Waals surface area (Å²) in [7, 11) is 0. The van der Waals surface area contributed by atoms with E-state index in [2.05, 4.69) is 5.32 Å². The zero-order valence-electron chi connectivity index (χ0n) is 10.8. The van der Waals surface area contributed by atoms with Crippen molar-refractivity contribution < 1.29 is 18.3 Å². The van der Waals surface area contributed by atoms with Gasteiger partial charge < -0.3 is 10.4 Å². The molecule has 19 heavy (non-hydrogen) atoms. The van der Waals surface area contributed by atoms with Crippen LogP contribution in [0.1, 0.15) is 29.5 Å². The highest BCUT2D eigenvalue weighted by Crippen LogP contribution is 2.33. The van der Waals surface area contributed by atoms with Gasteiger partial charge in [-0.15, -0.1) is 0 Å². The number of aliphatic hydroxyl groups is 1. The van der Waals surface area contributed by atoms with Gasteiger partial charge in [0.2, 0.25) is 0 Å². The largest absolute Gasteiger partial charge is 0.416 e. The van der Waals surface area contributed by atoms with E-state index in [0.29, 0.717) is 18.5 Å². The van der Waals surface area contributed by atoms with E-state index in [1.807, 2.05) is 0 Å². The van der Waals surface area contributed by atoms with Gasteiger partial charge in [0.15, 0.2) is 0 Å². The third-order valence-electron chi connectivity index (χ3n) is 3.59. The highest BCUT2D eigenvalue weighted by molar-refractivity contribution is 5.34. The molecule has 2 nitrogen and oxygen atoms in total. The lowest BCUT2D eigenvalue weighted by molar-refractivity contribution is -0.138. The quantitative estimate of drug-likeness (QED) is 0.868. The summed E-state index contributed by atoms with van der Waals surface area (Å²) in [6, 6.07) is 4.29. The summed E-state index contributed by atoms with van der Waals surface area (Å²) in [6.45, 7) is 2.73. The monoisotopic (exact) mass is 273 g/mol. The fraction of sp³-hybridized carbons (Fsp3) is 0.571. The van der Waals surface area contributed by atoms with Crippen molar-refractivity contribution in [1.82, 2.24) is 5.32 Å². The van der Waals surface area contributed by atoms with Crippen molar-refractivity contribution in [2.75, 3.05) is 13.1 Å². The van der Waals surface area contributed by atoms with Crippen LogP contribution in [0.25, 0.3) is 0 Å². The smallest absolute Gasteiger partial charge is 0.388 e. The molecule has 0 bridgehead atoms. The summed E-state index contributed by atoms with van der Waals surface area (Å²) < 4.78 is 38.5. The molecule has 1 saturated heterocycles. The molecule has 1 aromatic rings. The molecule has 1 aromatic carbocycles. The van der Waals surface area contributed by atoms with Crippen LogP contribution in [0.5, 0.6) is 0 Å². The number of nitrogens with one attached hydrogen (secondary N) is 1. The maximum Gasteiger partial charge on any atom is 0.416 e. The van der Waals surface area contributed by atoms with Crippen molar-refractivity contribution >= 4 is 0 Å². The molecule has 1 aliphatic rings. The van der Waals surface area contributed by atoms with Crippen LogP contribution in [0.4, 0.5) is 13.2 Å². The molecular formula is C14H18F3NO. The Balaban J connectivity index is 2.21. The van der Waals surface area contributed by atoms with Gasteiger partial charge >= 0.3 is 6.18 Å². The number of piperidine rings is 1. The number of hydrogen-bond donors (Lipinski definition) is 2. The molecule has 0 aromatic heterocycles. The minimum absolute atomic E-state index is 0.213. The first-order valence-electron chi connectivity index (χ1n) is 6.40. The lowest BCUT2D eigenvalue weighted by Gasteiger charge is -2.33. The number of rotatable bonds is 2. The van der Waals surface area contributed by atoms with E-state index in [0.717, 1.165) is 19.0 Å². The number of alkyl halides is 3. The van der Waals surface area contributed by atoms with Gasteiger partial charge in [-0.05, 0) is 43.5 Å². The molecular weight excluding hydrogens is 255 g/mol. The Kier molecular flexibility index (Phi) is 3.87. The fourth-order valence-corrected chi connectivity index (χ4v) is 2.57. The van der Waals surface area contributed by atoms with Crippen LogP contribution < -0.4 is 5.32 Å². The third kappa shape index (κ3) is 3.48. The van der Waals surface area contributed by atoms with Gasteiger partial charge in [0.05, 0.1) is 11.2 Å². The van der Waals surface area contributed by atoms with Gasteiger partial charge in [0.25, 0.3) is 0 Å². The van der Waals surface area contributed by atoms with Crippen LogP contribution in [-0.4, -0.2) is 23.8 Å². The van der Waals surface area contributed by atoms with Crippen LogP contribution in [-0.2, 0) is 12.6 Å². The van der Waals surface area contributed by atoms with Crippen LogP contribution in [0.3, 0.4) is 0 Å². The average molecular weight is 273 g/mol. The molecule has 2 rings (SSSR count). The average Bonchev–Trinajstić information content (AvgIpc) is 2.31. The standard InChI is InChI=1S/C14H18F3NO/c1-10-3-4-11(7-12(10)14(15,16)17)8-13(19)5-2-6-18-9-13/h3-4,7,18-19H,2,5-6,8-9H2,1H3. The molecule has 5 heteroatoms. The van der Waals surface area contributed by atoms with Crippen LogP contribution in [0.15, 0.2) is 18.2 Å². The second kappa shape index (κ2) is 5.13. The maximum atomic E-state index is 12.8. The van der Waals surface area contributed by atoms with E-state index >= 15 is 0 Å². The van der Waals surface area contributed by atoms with Crippen molar-refractivity contribution in [2.45, 2.75) is 38.0 Å². The summed E-state index contributed by atoms with van der Waals surface area (Å²) >= 11 is 0.